The number of benzene rings is 2. The first-order valence-electron chi connectivity index (χ1n) is 10.0. The summed E-state index contributed by atoms with van der Waals surface area (Å²) in [5, 5.41) is 9.99. The van der Waals surface area contributed by atoms with Crippen LogP contribution in [0.2, 0.25) is 0 Å². The third kappa shape index (κ3) is 4.28. The molecule has 1 fully saturated rings. The van der Waals surface area contributed by atoms with E-state index in [4.69, 9.17) is 0 Å². The number of thioether (sulfide) groups is 1. The molecule has 1 saturated heterocycles. The van der Waals surface area contributed by atoms with Gasteiger partial charge in [-0.05, 0) is 42.8 Å². The maximum Gasteiger partial charge on any atom is 0.282 e. The fourth-order valence-electron chi connectivity index (χ4n) is 3.98. The number of para-hydroxylation sites is 1. The highest BCUT2D eigenvalue weighted by Crippen LogP contribution is 2.37. The smallest absolute Gasteiger partial charge is 0.282 e. The van der Waals surface area contributed by atoms with Crippen molar-refractivity contribution in [1.29, 1.82) is 0 Å². The van der Waals surface area contributed by atoms with E-state index in [0.717, 1.165) is 50.5 Å². The van der Waals surface area contributed by atoms with Gasteiger partial charge in [-0.1, -0.05) is 19.1 Å². The first kappa shape index (κ1) is 19.2. The van der Waals surface area contributed by atoms with Gasteiger partial charge < -0.3 is 19.8 Å². The van der Waals surface area contributed by atoms with Gasteiger partial charge in [-0.3, -0.25) is 4.79 Å². The van der Waals surface area contributed by atoms with E-state index in [1.54, 1.807) is 12.1 Å². The minimum absolute atomic E-state index is 0.232. The lowest BCUT2D eigenvalue weighted by Gasteiger charge is -2.34. The van der Waals surface area contributed by atoms with E-state index >= 15 is 0 Å². The molecule has 0 unspecified atom stereocenters. The maximum absolute atomic E-state index is 13.1. The van der Waals surface area contributed by atoms with E-state index in [2.05, 4.69) is 30.0 Å². The van der Waals surface area contributed by atoms with Gasteiger partial charge in [0.1, 0.15) is 5.75 Å². The number of aromatic hydroxyl groups is 1. The lowest BCUT2D eigenvalue weighted by molar-refractivity contribution is -0.892. The molecule has 2 N–H and O–H groups in total. The van der Waals surface area contributed by atoms with E-state index < -0.39 is 0 Å². The molecule has 0 saturated carbocycles. The van der Waals surface area contributed by atoms with E-state index in [0.29, 0.717) is 17.5 Å². The predicted octanol–water partition coefficient (Wildman–Crippen LogP) is 2.01. The summed E-state index contributed by atoms with van der Waals surface area (Å²) in [6.07, 6.45) is 1.02. The monoisotopic (exact) mass is 398 g/mol. The van der Waals surface area contributed by atoms with E-state index in [9.17, 15) is 9.90 Å². The zero-order valence-corrected chi connectivity index (χ0v) is 17.1. The minimum atomic E-state index is 0.232. The number of rotatable bonds is 3. The summed E-state index contributed by atoms with van der Waals surface area (Å²) < 4.78 is 0. The fourth-order valence-corrected chi connectivity index (χ4v) is 5.09. The Morgan fingerprint density at radius 1 is 1.11 bits per heavy atom. The van der Waals surface area contributed by atoms with Crippen molar-refractivity contribution in [2.45, 2.75) is 23.5 Å². The first-order valence-corrected chi connectivity index (χ1v) is 10.9. The van der Waals surface area contributed by atoms with Gasteiger partial charge in [-0.2, -0.15) is 0 Å². The summed E-state index contributed by atoms with van der Waals surface area (Å²) in [4.78, 5) is 20.0. The van der Waals surface area contributed by atoms with Crippen LogP contribution in [-0.2, 0) is 4.79 Å². The van der Waals surface area contributed by atoms with Crippen LogP contribution in [0.4, 0.5) is 11.4 Å². The Bertz CT molecular complexity index is 819. The van der Waals surface area contributed by atoms with Crippen LogP contribution in [0.3, 0.4) is 0 Å². The first-order chi connectivity index (χ1) is 13.6. The van der Waals surface area contributed by atoms with Crippen LogP contribution in [0.1, 0.15) is 13.3 Å². The van der Waals surface area contributed by atoms with E-state index in [1.165, 1.54) is 9.80 Å². The van der Waals surface area contributed by atoms with Crippen LogP contribution in [-0.4, -0.2) is 55.5 Å². The van der Waals surface area contributed by atoms with E-state index in [1.807, 2.05) is 34.9 Å². The summed E-state index contributed by atoms with van der Waals surface area (Å²) in [5.74, 6) is 0.527. The Morgan fingerprint density at radius 3 is 2.57 bits per heavy atom. The number of amides is 1. The standard InChI is InChI=1S/C22H27N3O2S/c1-17-10-11-25(20-4-2-3-5-21(20)28-17)22(27)16-23-12-14-24(15-13-23)18-6-8-19(26)9-7-18/h2-9,17,26H,10-16H2,1H3/p+1/t17-/m1/s1. The van der Waals surface area contributed by atoms with Gasteiger partial charge in [0.25, 0.3) is 5.91 Å². The largest absolute Gasteiger partial charge is 0.508 e. The third-order valence-electron chi connectivity index (χ3n) is 5.63. The molecule has 28 heavy (non-hydrogen) atoms. The Hall–Kier alpha value is -2.18. The van der Waals surface area contributed by atoms with Crippen LogP contribution in [0.25, 0.3) is 0 Å². The number of carbonyl (C=O) groups is 1. The van der Waals surface area contributed by atoms with Gasteiger partial charge in [0, 0.05) is 22.4 Å². The molecule has 148 valence electrons. The predicted molar refractivity (Wildman–Crippen MR) is 115 cm³/mol. The Kier molecular flexibility index (Phi) is 5.78. The van der Waals surface area contributed by atoms with Crippen LogP contribution >= 0.6 is 11.8 Å². The number of piperazine rings is 1. The second-order valence-corrected chi connectivity index (χ2v) is 9.14. The molecule has 0 aromatic heterocycles. The zero-order chi connectivity index (χ0) is 19.5. The quantitative estimate of drug-likeness (QED) is 0.831. The highest BCUT2D eigenvalue weighted by atomic mass is 32.2. The highest BCUT2D eigenvalue weighted by Gasteiger charge is 2.28. The molecular formula is C22H28N3O2S+. The van der Waals surface area contributed by atoms with Crippen molar-refractivity contribution >= 4 is 29.0 Å². The Balaban J connectivity index is 1.37. The molecule has 1 amide bonds. The summed E-state index contributed by atoms with van der Waals surface area (Å²) in [7, 11) is 0. The molecule has 2 aromatic carbocycles. The van der Waals surface area contributed by atoms with Crippen molar-refractivity contribution in [3.8, 4) is 5.75 Å². The molecule has 4 rings (SSSR count). The number of hydrogen-bond donors (Lipinski definition) is 2. The average molecular weight is 399 g/mol. The number of phenolic OH excluding ortho intramolecular Hbond substituents is 1. The molecule has 5 nitrogen and oxygen atoms in total. The highest BCUT2D eigenvalue weighted by molar-refractivity contribution is 8.00. The van der Waals surface area contributed by atoms with Gasteiger partial charge in [-0.15, -0.1) is 11.8 Å². The molecular weight excluding hydrogens is 370 g/mol. The third-order valence-corrected chi connectivity index (χ3v) is 6.87. The van der Waals surface area contributed by atoms with Gasteiger partial charge in [0.2, 0.25) is 0 Å². The van der Waals surface area contributed by atoms with Crippen molar-refractivity contribution in [3.05, 3.63) is 48.5 Å². The SMILES string of the molecule is C[C@@H]1CCN(C(=O)C[NH+]2CCN(c3ccc(O)cc3)CC2)c2ccccc2S1. The number of phenols is 1. The minimum Gasteiger partial charge on any atom is -0.508 e. The van der Waals surface area contributed by atoms with Crippen LogP contribution in [0.15, 0.2) is 53.4 Å². The summed E-state index contributed by atoms with van der Waals surface area (Å²) in [5.41, 5.74) is 2.21. The van der Waals surface area contributed by atoms with Crippen molar-refractivity contribution in [1.82, 2.24) is 0 Å². The molecule has 2 aromatic rings. The fraction of sp³-hybridized carbons (Fsp3) is 0.409. The molecule has 2 aliphatic heterocycles. The number of fused-ring (bicyclic) bond motifs is 1. The summed E-state index contributed by atoms with van der Waals surface area (Å²) in [6, 6.07) is 15.7. The molecule has 2 aliphatic rings. The number of hydrogen-bond acceptors (Lipinski definition) is 4. The van der Waals surface area contributed by atoms with E-state index in [-0.39, 0.29) is 5.91 Å². The second-order valence-electron chi connectivity index (χ2n) is 7.66. The van der Waals surface area contributed by atoms with Crippen molar-refractivity contribution in [3.63, 3.8) is 0 Å². The zero-order valence-electron chi connectivity index (χ0n) is 16.3. The lowest BCUT2D eigenvalue weighted by atomic mass is 10.2. The molecule has 0 aliphatic carbocycles. The molecule has 6 heteroatoms. The number of carbonyl (C=O) groups excluding carboxylic acids is 1. The van der Waals surface area contributed by atoms with Crippen molar-refractivity contribution in [2.24, 2.45) is 0 Å². The van der Waals surface area contributed by atoms with Gasteiger partial charge in [-0.25, -0.2) is 0 Å². The van der Waals surface area contributed by atoms with Crippen molar-refractivity contribution < 1.29 is 14.8 Å². The average Bonchev–Trinajstić information content (AvgIpc) is 2.87. The molecule has 2 heterocycles. The van der Waals surface area contributed by atoms with Crippen LogP contribution < -0.4 is 14.7 Å². The number of quaternary nitrogens is 1. The van der Waals surface area contributed by atoms with Crippen LogP contribution in [0.5, 0.6) is 5.75 Å². The van der Waals surface area contributed by atoms with Gasteiger partial charge >= 0.3 is 0 Å². The number of nitrogens with zero attached hydrogens (tertiary/aromatic N) is 2. The van der Waals surface area contributed by atoms with Crippen molar-refractivity contribution in [2.75, 3.05) is 49.1 Å². The Morgan fingerprint density at radius 2 is 1.82 bits per heavy atom. The maximum atomic E-state index is 13.1. The topological polar surface area (TPSA) is 48.2 Å². The normalized spacial score (nSPS) is 20.5. The lowest BCUT2D eigenvalue weighted by Crippen LogP contribution is -3.16. The number of nitrogens with one attached hydrogen (secondary N) is 1. The summed E-state index contributed by atoms with van der Waals surface area (Å²) >= 11 is 1.87. The molecule has 0 spiro atoms. The van der Waals surface area contributed by atoms with Crippen LogP contribution in [0, 0.1) is 0 Å². The Labute approximate surface area is 170 Å². The molecule has 0 radical (unpaired) electrons. The second kappa shape index (κ2) is 8.45. The molecule has 0 bridgehead atoms. The molecule has 1 atom stereocenters. The number of anilines is 2. The van der Waals surface area contributed by atoms with Gasteiger partial charge in [0.05, 0.1) is 31.9 Å². The van der Waals surface area contributed by atoms with Gasteiger partial charge in [0.15, 0.2) is 6.54 Å². The summed E-state index contributed by atoms with van der Waals surface area (Å²) in [6.45, 7) is 7.35.